The predicted octanol–water partition coefficient (Wildman–Crippen LogP) is 1.26. The van der Waals surface area contributed by atoms with Crippen molar-refractivity contribution < 1.29 is 9.84 Å². The molecule has 2 saturated heterocycles. The van der Waals surface area contributed by atoms with E-state index < -0.39 is 5.60 Å². The number of hydrogen-bond donors (Lipinski definition) is 1. The first-order valence-corrected chi connectivity index (χ1v) is 6.14. The molecule has 0 radical (unpaired) electrons. The van der Waals surface area contributed by atoms with Crippen LogP contribution in [0.4, 0.5) is 0 Å². The maximum atomic E-state index is 10.2. The van der Waals surface area contributed by atoms with E-state index in [1.165, 1.54) is 12.8 Å². The van der Waals surface area contributed by atoms with Gasteiger partial charge >= 0.3 is 0 Å². The summed E-state index contributed by atoms with van der Waals surface area (Å²) in [6.45, 7) is 8.90. The molecule has 2 aliphatic rings. The van der Waals surface area contributed by atoms with E-state index in [9.17, 15) is 5.11 Å². The van der Waals surface area contributed by atoms with Crippen LogP contribution in [-0.4, -0.2) is 48.5 Å². The lowest BCUT2D eigenvalue weighted by atomic mass is 9.74. The summed E-state index contributed by atoms with van der Waals surface area (Å²) < 4.78 is 5.26. The van der Waals surface area contributed by atoms with Gasteiger partial charge in [0.25, 0.3) is 0 Å². The molecular weight excluding hydrogens is 190 g/mol. The zero-order chi connectivity index (χ0) is 10.9. The number of hydrogen-bond acceptors (Lipinski definition) is 3. The second-order valence-corrected chi connectivity index (χ2v) is 5.38. The fraction of sp³-hybridized carbons (Fsp3) is 1.00. The van der Waals surface area contributed by atoms with Crippen molar-refractivity contribution in [2.24, 2.45) is 5.41 Å². The molecule has 1 atom stereocenters. The Morgan fingerprint density at radius 3 is 2.40 bits per heavy atom. The molecule has 3 heteroatoms. The van der Waals surface area contributed by atoms with Crippen LogP contribution in [0.15, 0.2) is 0 Å². The summed E-state index contributed by atoms with van der Waals surface area (Å²) in [5, 5.41) is 10.2. The van der Waals surface area contributed by atoms with Crippen molar-refractivity contribution in [2.75, 3.05) is 32.8 Å². The van der Waals surface area contributed by atoms with Crippen LogP contribution in [-0.2, 0) is 4.74 Å². The predicted molar refractivity (Wildman–Crippen MR) is 59.8 cm³/mol. The van der Waals surface area contributed by atoms with Crippen LogP contribution < -0.4 is 0 Å². The Kier molecular flexibility index (Phi) is 3.06. The third-order valence-electron chi connectivity index (χ3n) is 4.22. The molecule has 0 bridgehead atoms. The molecule has 0 amide bonds. The van der Waals surface area contributed by atoms with Gasteiger partial charge in [-0.25, -0.2) is 0 Å². The lowest BCUT2D eigenvalue weighted by molar-refractivity contribution is -0.0723. The van der Waals surface area contributed by atoms with Gasteiger partial charge in [0.15, 0.2) is 0 Å². The van der Waals surface area contributed by atoms with E-state index in [2.05, 4.69) is 18.7 Å². The van der Waals surface area contributed by atoms with Gasteiger partial charge in [0.1, 0.15) is 5.60 Å². The van der Waals surface area contributed by atoms with Gasteiger partial charge < -0.3 is 9.84 Å². The van der Waals surface area contributed by atoms with Crippen LogP contribution in [0.25, 0.3) is 0 Å². The normalized spacial score (nSPS) is 35.4. The molecule has 2 fully saturated rings. The zero-order valence-electron chi connectivity index (χ0n) is 9.96. The Morgan fingerprint density at radius 2 is 1.93 bits per heavy atom. The summed E-state index contributed by atoms with van der Waals surface area (Å²) in [5.74, 6) is 0. The van der Waals surface area contributed by atoms with Crippen LogP contribution in [0.1, 0.15) is 33.1 Å². The molecule has 1 N–H and O–H groups in total. The van der Waals surface area contributed by atoms with E-state index in [0.29, 0.717) is 12.0 Å². The number of ether oxygens (including phenoxy) is 1. The van der Waals surface area contributed by atoms with Gasteiger partial charge in [-0.05, 0) is 18.3 Å². The van der Waals surface area contributed by atoms with Crippen LogP contribution >= 0.6 is 0 Å². The summed E-state index contributed by atoms with van der Waals surface area (Å²) in [5.41, 5.74) is -0.0243. The molecule has 0 aromatic heterocycles. The average Bonchev–Trinajstić information content (AvgIpc) is 2.58. The zero-order valence-corrected chi connectivity index (χ0v) is 9.96. The molecule has 0 aromatic carbocycles. The SMILES string of the molecule is CCC1(CC)CN(CC2(O)CCOC2)C1. The smallest absolute Gasteiger partial charge is 0.103 e. The monoisotopic (exact) mass is 213 g/mol. The van der Waals surface area contributed by atoms with E-state index in [-0.39, 0.29) is 0 Å². The van der Waals surface area contributed by atoms with Crippen LogP contribution in [0.2, 0.25) is 0 Å². The fourth-order valence-corrected chi connectivity index (χ4v) is 2.85. The average molecular weight is 213 g/mol. The highest BCUT2D eigenvalue weighted by Gasteiger charge is 2.44. The number of likely N-dealkylation sites (tertiary alicyclic amines) is 1. The van der Waals surface area contributed by atoms with Gasteiger partial charge in [0, 0.05) is 32.7 Å². The van der Waals surface area contributed by atoms with Gasteiger partial charge in [-0.3, -0.25) is 4.90 Å². The van der Waals surface area contributed by atoms with E-state index in [0.717, 1.165) is 32.7 Å². The van der Waals surface area contributed by atoms with Crippen molar-refractivity contribution >= 4 is 0 Å². The summed E-state index contributed by atoms with van der Waals surface area (Å²) in [6, 6.07) is 0. The minimum absolute atomic E-state index is 0.523. The minimum Gasteiger partial charge on any atom is -0.386 e. The van der Waals surface area contributed by atoms with E-state index in [1.54, 1.807) is 0 Å². The highest BCUT2D eigenvalue weighted by atomic mass is 16.5. The van der Waals surface area contributed by atoms with Crippen LogP contribution in [0.3, 0.4) is 0 Å². The number of aliphatic hydroxyl groups is 1. The van der Waals surface area contributed by atoms with Gasteiger partial charge in [-0.2, -0.15) is 0 Å². The molecule has 1 unspecified atom stereocenters. The Labute approximate surface area is 92.4 Å². The first kappa shape index (κ1) is 11.4. The Balaban J connectivity index is 1.80. The van der Waals surface area contributed by atoms with Crippen molar-refractivity contribution in [1.82, 2.24) is 4.90 Å². The van der Waals surface area contributed by atoms with Gasteiger partial charge in [0.05, 0.1) is 6.61 Å². The first-order chi connectivity index (χ1) is 7.11. The number of β-amino-alcohol motifs (C(OH)–C–C–N with tert-alkyl or cyclic N) is 1. The van der Waals surface area contributed by atoms with Crippen molar-refractivity contribution in [2.45, 2.75) is 38.7 Å². The van der Waals surface area contributed by atoms with Gasteiger partial charge in [-0.15, -0.1) is 0 Å². The second-order valence-electron chi connectivity index (χ2n) is 5.38. The minimum atomic E-state index is -0.562. The summed E-state index contributed by atoms with van der Waals surface area (Å²) >= 11 is 0. The molecule has 15 heavy (non-hydrogen) atoms. The highest BCUT2D eigenvalue weighted by Crippen LogP contribution is 2.38. The highest BCUT2D eigenvalue weighted by molar-refractivity contribution is 4.97. The molecule has 0 aromatic rings. The topological polar surface area (TPSA) is 32.7 Å². The number of rotatable bonds is 4. The maximum Gasteiger partial charge on any atom is 0.103 e. The fourth-order valence-electron chi connectivity index (χ4n) is 2.85. The molecule has 0 saturated carbocycles. The lowest BCUT2D eigenvalue weighted by Crippen LogP contribution is -2.60. The molecule has 0 aliphatic carbocycles. The quantitative estimate of drug-likeness (QED) is 0.763. The van der Waals surface area contributed by atoms with Gasteiger partial charge in [-0.1, -0.05) is 13.8 Å². The lowest BCUT2D eigenvalue weighted by Gasteiger charge is -2.51. The summed E-state index contributed by atoms with van der Waals surface area (Å²) in [4.78, 5) is 2.38. The third kappa shape index (κ3) is 2.19. The molecule has 88 valence electrons. The second kappa shape index (κ2) is 4.04. The standard InChI is InChI=1S/C12H23NO2/c1-3-11(4-2)7-13(8-11)9-12(14)5-6-15-10-12/h14H,3-10H2,1-2H3. The Hall–Kier alpha value is -0.120. The summed E-state index contributed by atoms with van der Waals surface area (Å²) in [7, 11) is 0. The largest absolute Gasteiger partial charge is 0.386 e. The first-order valence-electron chi connectivity index (χ1n) is 6.14. The third-order valence-corrected chi connectivity index (χ3v) is 4.22. The van der Waals surface area contributed by atoms with E-state index in [4.69, 9.17) is 4.74 Å². The Morgan fingerprint density at radius 1 is 1.27 bits per heavy atom. The molecule has 0 spiro atoms. The molecule has 2 rings (SSSR count). The van der Waals surface area contributed by atoms with Crippen molar-refractivity contribution in [3.05, 3.63) is 0 Å². The van der Waals surface area contributed by atoms with Crippen molar-refractivity contribution in [3.8, 4) is 0 Å². The summed E-state index contributed by atoms with van der Waals surface area (Å²) in [6.07, 6.45) is 3.32. The maximum absolute atomic E-state index is 10.2. The van der Waals surface area contributed by atoms with Crippen molar-refractivity contribution in [3.63, 3.8) is 0 Å². The van der Waals surface area contributed by atoms with E-state index >= 15 is 0 Å². The molecule has 2 aliphatic heterocycles. The van der Waals surface area contributed by atoms with Crippen LogP contribution in [0.5, 0.6) is 0 Å². The Bertz CT molecular complexity index is 212. The molecular formula is C12H23NO2. The molecule has 2 heterocycles. The number of nitrogens with zero attached hydrogens (tertiary/aromatic N) is 1. The molecule has 3 nitrogen and oxygen atoms in total. The van der Waals surface area contributed by atoms with Crippen LogP contribution in [0, 0.1) is 5.41 Å². The van der Waals surface area contributed by atoms with Crippen molar-refractivity contribution in [1.29, 1.82) is 0 Å². The van der Waals surface area contributed by atoms with Gasteiger partial charge in [0.2, 0.25) is 0 Å². The van der Waals surface area contributed by atoms with E-state index in [1.807, 2.05) is 0 Å².